The Morgan fingerprint density at radius 1 is 0.324 bits per heavy atom. The highest BCUT2D eigenvalue weighted by Crippen LogP contribution is 2.50. The fourth-order valence-corrected chi connectivity index (χ4v) is 10.7. The molecule has 0 saturated heterocycles. The van der Waals surface area contributed by atoms with E-state index < -0.39 is 0 Å². The van der Waals surface area contributed by atoms with Crippen LogP contribution in [-0.4, -0.2) is 4.57 Å². The van der Waals surface area contributed by atoms with E-state index in [0.29, 0.717) is 0 Å². The van der Waals surface area contributed by atoms with Crippen LogP contribution in [0.3, 0.4) is 0 Å². The molecular weight excluding hydrogens is 821 g/mol. The number of fused-ring (bicyclic) bond motifs is 3. The third-order valence-corrected chi connectivity index (χ3v) is 14.3. The minimum atomic E-state index is 0.0250. The average molecular weight is 875 g/mol. The Hall–Kier alpha value is -7.94. The maximum Gasteiger partial charge on any atom is 0.0541 e. The van der Waals surface area contributed by atoms with E-state index in [-0.39, 0.29) is 10.8 Å². The molecule has 2 nitrogen and oxygen atoms in total. The van der Waals surface area contributed by atoms with Crippen LogP contribution in [0.5, 0.6) is 0 Å². The Kier molecular flexibility index (Phi) is 9.67. The van der Waals surface area contributed by atoms with Crippen molar-refractivity contribution in [2.75, 3.05) is 4.90 Å². The van der Waals surface area contributed by atoms with Gasteiger partial charge in [-0.05, 0) is 120 Å². The van der Waals surface area contributed by atoms with E-state index >= 15 is 0 Å². The summed E-state index contributed by atoms with van der Waals surface area (Å²) in [4.78, 5) is 2.52. The number of para-hydroxylation sites is 2. The summed E-state index contributed by atoms with van der Waals surface area (Å²) in [5.41, 5.74) is 16.8. The van der Waals surface area contributed by atoms with Gasteiger partial charge in [-0.2, -0.15) is 0 Å². The second kappa shape index (κ2) is 15.9. The largest absolute Gasteiger partial charge is 0.309 e. The van der Waals surface area contributed by atoms with Crippen molar-refractivity contribution < 1.29 is 0 Å². The third-order valence-electron chi connectivity index (χ3n) is 14.3. The highest BCUT2D eigenvalue weighted by Gasteiger charge is 2.26. The molecule has 1 heterocycles. The van der Waals surface area contributed by atoms with E-state index in [1.54, 1.807) is 0 Å². The first-order valence-corrected chi connectivity index (χ1v) is 24.0. The zero-order chi connectivity index (χ0) is 46.3. The summed E-state index contributed by atoms with van der Waals surface area (Å²) >= 11 is 0. The molecule has 0 saturated carbocycles. The van der Waals surface area contributed by atoms with Gasteiger partial charge in [0.05, 0.1) is 33.8 Å². The van der Waals surface area contributed by atoms with Crippen molar-refractivity contribution in [1.82, 2.24) is 4.57 Å². The summed E-state index contributed by atoms with van der Waals surface area (Å²) in [5.74, 6) is 0. The van der Waals surface area contributed by atoms with Gasteiger partial charge in [-0.15, -0.1) is 0 Å². The number of nitrogens with zero attached hydrogens (tertiary/aromatic N) is 2. The van der Waals surface area contributed by atoms with Gasteiger partial charge in [-0.25, -0.2) is 0 Å². The second-order valence-corrected chi connectivity index (χ2v) is 20.6. The van der Waals surface area contributed by atoms with E-state index in [9.17, 15) is 0 Å². The molecule has 0 amide bonds. The molecule has 0 bridgehead atoms. The van der Waals surface area contributed by atoms with E-state index in [1.165, 1.54) is 98.8 Å². The van der Waals surface area contributed by atoms with Crippen molar-refractivity contribution in [3.05, 3.63) is 230 Å². The SMILES string of the molecule is CC(C)(C)c1ccc2c(c1)c1cc(C(C)(C)C)ccc1n2-c1ccc2ccc3c(N(c4ccccc4-c4ccccc4)c4ccccc4-c4cccc(-c5ccccc5)c4)ccc4ccc1c2c43. The molecule has 0 fully saturated rings. The molecule has 12 aromatic rings. The van der Waals surface area contributed by atoms with Gasteiger partial charge < -0.3 is 9.47 Å². The molecule has 0 aliphatic rings. The molecule has 1 aromatic heterocycles. The Labute approximate surface area is 399 Å². The summed E-state index contributed by atoms with van der Waals surface area (Å²) in [6.45, 7) is 13.9. The predicted molar refractivity (Wildman–Crippen MR) is 293 cm³/mol. The lowest BCUT2D eigenvalue weighted by atomic mass is 9.85. The number of anilines is 3. The van der Waals surface area contributed by atoms with Crippen LogP contribution in [0.15, 0.2) is 218 Å². The quantitative estimate of drug-likeness (QED) is 0.145. The lowest BCUT2D eigenvalue weighted by Crippen LogP contribution is -2.13. The summed E-state index contributed by atoms with van der Waals surface area (Å²) < 4.78 is 2.53. The minimum Gasteiger partial charge on any atom is -0.309 e. The smallest absolute Gasteiger partial charge is 0.0541 e. The summed E-state index contributed by atoms with van der Waals surface area (Å²) in [6, 6.07) is 81.3. The molecular formula is C66H54N2. The zero-order valence-electron chi connectivity index (χ0n) is 39.7. The molecule has 0 radical (unpaired) electrons. The molecule has 0 unspecified atom stereocenters. The van der Waals surface area contributed by atoms with Crippen molar-refractivity contribution in [3.63, 3.8) is 0 Å². The van der Waals surface area contributed by atoms with Crippen molar-refractivity contribution in [1.29, 1.82) is 0 Å². The summed E-state index contributed by atoms with van der Waals surface area (Å²) in [6.07, 6.45) is 0. The predicted octanol–water partition coefficient (Wildman–Crippen LogP) is 18.7. The Balaban J connectivity index is 1.13. The van der Waals surface area contributed by atoms with Crippen LogP contribution in [-0.2, 0) is 10.8 Å². The molecule has 328 valence electrons. The Bertz CT molecular complexity index is 3790. The van der Waals surface area contributed by atoms with Crippen molar-refractivity contribution in [2.45, 2.75) is 52.4 Å². The van der Waals surface area contributed by atoms with E-state index in [2.05, 4.69) is 269 Å². The highest BCUT2D eigenvalue weighted by molar-refractivity contribution is 6.28. The number of benzene rings is 11. The monoisotopic (exact) mass is 874 g/mol. The van der Waals surface area contributed by atoms with Gasteiger partial charge in [0.2, 0.25) is 0 Å². The lowest BCUT2D eigenvalue weighted by Gasteiger charge is -2.31. The fraction of sp³-hybridized carbons (Fsp3) is 0.121. The van der Waals surface area contributed by atoms with Crippen LogP contribution >= 0.6 is 0 Å². The number of hydrogen-bond acceptors (Lipinski definition) is 1. The van der Waals surface area contributed by atoms with Crippen LogP contribution in [0.25, 0.3) is 93.2 Å². The van der Waals surface area contributed by atoms with E-state index in [4.69, 9.17) is 0 Å². The van der Waals surface area contributed by atoms with Gasteiger partial charge in [0.25, 0.3) is 0 Å². The van der Waals surface area contributed by atoms with Gasteiger partial charge in [0.1, 0.15) is 0 Å². The van der Waals surface area contributed by atoms with Crippen molar-refractivity contribution >= 4 is 71.2 Å². The number of hydrogen-bond donors (Lipinski definition) is 0. The molecule has 12 rings (SSSR count). The van der Waals surface area contributed by atoms with E-state index in [0.717, 1.165) is 22.6 Å². The van der Waals surface area contributed by atoms with Gasteiger partial charge in [0.15, 0.2) is 0 Å². The molecule has 0 atom stereocenters. The minimum absolute atomic E-state index is 0.0250. The van der Waals surface area contributed by atoms with Gasteiger partial charge in [-0.1, -0.05) is 205 Å². The van der Waals surface area contributed by atoms with Gasteiger partial charge in [0, 0.05) is 32.7 Å². The molecule has 2 heteroatoms. The molecule has 68 heavy (non-hydrogen) atoms. The molecule has 0 spiro atoms. The standard InChI is InChI=1S/C66H54N2/c1-65(2,3)49-32-38-61-55(41-49)56-42-50(66(4,5)6)33-39-62(56)68(61)60-37-31-46-28-34-53-59(36-30-45-29-35-54(60)64(46)63(45)53)67(57-26-15-13-24-51(57)44-20-11-8-12-21-44)58-27-16-14-25-52(58)48-23-17-22-47(40-48)43-18-9-7-10-19-43/h7-42H,1-6H3. The maximum absolute atomic E-state index is 2.53. The second-order valence-electron chi connectivity index (χ2n) is 20.6. The lowest BCUT2D eigenvalue weighted by molar-refractivity contribution is 0.590. The van der Waals surface area contributed by atoms with Crippen LogP contribution in [0.2, 0.25) is 0 Å². The first kappa shape index (κ1) is 41.5. The molecule has 0 aliphatic heterocycles. The molecule has 0 aliphatic carbocycles. The summed E-state index contributed by atoms with van der Waals surface area (Å²) in [7, 11) is 0. The van der Waals surface area contributed by atoms with Crippen molar-refractivity contribution in [2.24, 2.45) is 0 Å². The Morgan fingerprint density at radius 3 is 1.40 bits per heavy atom. The Morgan fingerprint density at radius 2 is 0.794 bits per heavy atom. The van der Waals surface area contributed by atoms with Crippen molar-refractivity contribution in [3.8, 4) is 39.1 Å². The highest BCUT2D eigenvalue weighted by atomic mass is 15.1. The fourth-order valence-electron chi connectivity index (χ4n) is 10.7. The van der Waals surface area contributed by atoms with Crippen LogP contribution in [0, 0.1) is 0 Å². The first-order valence-electron chi connectivity index (χ1n) is 24.0. The average Bonchev–Trinajstić information content (AvgIpc) is 3.69. The van der Waals surface area contributed by atoms with Crippen LogP contribution in [0.1, 0.15) is 52.7 Å². The van der Waals surface area contributed by atoms with Crippen LogP contribution < -0.4 is 4.90 Å². The number of rotatable bonds is 7. The summed E-state index contributed by atoms with van der Waals surface area (Å²) in [5, 5.41) is 10.1. The first-order chi connectivity index (χ1) is 33.0. The molecule has 0 N–H and O–H groups in total. The maximum atomic E-state index is 2.53. The molecule has 11 aromatic carbocycles. The van der Waals surface area contributed by atoms with Crippen LogP contribution in [0.4, 0.5) is 17.1 Å². The van der Waals surface area contributed by atoms with Gasteiger partial charge >= 0.3 is 0 Å². The normalized spacial score (nSPS) is 12.3. The zero-order valence-corrected chi connectivity index (χ0v) is 39.7. The number of aromatic nitrogens is 1. The third kappa shape index (κ3) is 6.86. The topological polar surface area (TPSA) is 8.17 Å². The van der Waals surface area contributed by atoms with E-state index in [1.807, 2.05) is 0 Å². The van der Waals surface area contributed by atoms with Gasteiger partial charge in [-0.3, -0.25) is 0 Å².